The fraction of sp³-hybridized carbons (Fsp3) is 0.867. The average molecular weight is 320 g/mol. The molecule has 0 unspecified atom stereocenters. The van der Waals surface area contributed by atoms with Crippen LogP contribution >= 0.6 is 0 Å². The molecule has 0 aromatic carbocycles. The Balaban J connectivity index is 3.82. The van der Waals surface area contributed by atoms with Crippen LogP contribution in [0.5, 0.6) is 0 Å². The van der Waals surface area contributed by atoms with Crippen molar-refractivity contribution in [3.63, 3.8) is 0 Å². The molecule has 22 heavy (non-hydrogen) atoms. The second kappa shape index (κ2) is 12.5. The van der Waals surface area contributed by atoms with E-state index in [4.69, 9.17) is 9.84 Å². The van der Waals surface area contributed by atoms with Gasteiger partial charge in [-0.15, -0.1) is 0 Å². The molecule has 0 saturated heterocycles. The van der Waals surface area contributed by atoms with Gasteiger partial charge in [0, 0.05) is 6.42 Å². The SMILES string of the molecule is CCCCCCCCC(=O)OC[C@@H](O)[C@@H](O)[C@H](O)[C@@H](O)C=O. The van der Waals surface area contributed by atoms with Crippen LogP contribution in [0.2, 0.25) is 0 Å². The lowest BCUT2D eigenvalue weighted by molar-refractivity contribution is -0.156. The number of hydrogen-bond donors (Lipinski definition) is 4. The number of carbonyl (C=O) groups is 2. The Morgan fingerprint density at radius 3 is 2.18 bits per heavy atom. The Kier molecular flexibility index (Phi) is 11.9. The first kappa shape index (κ1) is 21.0. The van der Waals surface area contributed by atoms with E-state index in [1.165, 1.54) is 6.42 Å². The van der Waals surface area contributed by atoms with Crippen molar-refractivity contribution in [1.82, 2.24) is 0 Å². The van der Waals surface area contributed by atoms with Crippen molar-refractivity contribution in [1.29, 1.82) is 0 Å². The van der Waals surface area contributed by atoms with Gasteiger partial charge < -0.3 is 30.0 Å². The zero-order chi connectivity index (χ0) is 17.0. The van der Waals surface area contributed by atoms with E-state index in [1.54, 1.807) is 0 Å². The third-order valence-corrected chi connectivity index (χ3v) is 3.38. The van der Waals surface area contributed by atoms with E-state index < -0.39 is 37.0 Å². The molecule has 0 saturated carbocycles. The monoisotopic (exact) mass is 320 g/mol. The van der Waals surface area contributed by atoms with Gasteiger partial charge in [0.05, 0.1) is 0 Å². The molecule has 0 bridgehead atoms. The number of aliphatic hydroxyl groups is 4. The number of hydrogen-bond acceptors (Lipinski definition) is 7. The number of unbranched alkanes of at least 4 members (excludes halogenated alkanes) is 5. The van der Waals surface area contributed by atoms with Gasteiger partial charge in [0.1, 0.15) is 31.0 Å². The van der Waals surface area contributed by atoms with Crippen LogP contribution < -0.4 is 0 Å². The van der Waals surface area contributed by atoms with Gasteiger partial charge in [0.2, 0.25) is 0 Å². The van der Waals surface area contributed by atoms with Crippen molar-refractivity contribution in [3.8, 4) is 0 Å². The van der Waals surface area contributed by atoms with Crippen LogP contribution in [0.1, 0.15) is 51.9 Å². The number of rotatable bonds is 13. The fourth-order valence-corrected chi connectivity index (χ4v) is 1.91. The van der Waals surface area contributed by atoms with E-state index in [-0.39, 0.29) is 12.7 Å². The summed E-state index contributed by atoms with van der Waals surface area (Å²) in [5.41, 5.74) is 0. The molecule has 0 aromatic rings. The summed E-state index contributed by atoms with van der Waals surface area (Å²) < 4.78 is 4.79. The second-order valence-corrected chi connectivity index (χ2v) is 5.38. The van der Waals surface area contributed by atoms with Gasteiger partial charge in [-0.2, -0.15) is 0 Å². The van der Waals surface area contributed by atoms with Gasteiger partial charge >= 0.3 is 5.97 Å². The molecule has 0 fully saturated rings. The van der Waals surface area contributed by atoms with Gasteiger partial charge in [-0.05, 0) is 6.42 Å². The van der Waals surface area contributed by atoms with Crippen molar-refractivity contribution >= 4 is 12.3 Å². The molecule has 130 valence electrons. The molecule has 7 heteroatoms. The van der Waals surface area contributed by atoms with Crippen LogP contribution in [-0.2, 0) is 14.3 Å². The summed E-state index contributed by atoms with van der Waals surface area (Å²) in [6.07, 6.45) is -0.506. The van der Waals surface area contributed by atoms with Crippen molar-refractivity contribution in [2.75, 3.05) is 6.61 Å². The molecular formula is C15H28O7. The van der Waals surface area contributed by atoms with Crippen molar-refractivity contribution in [2.45, 2.75) is 76.3 Å². The predicted octanol–water partition coefficient (Wildman–Crippen LogP) is -0.0773. The van der Waals surface area contributed by atoms with Crippen molar-refractivity contribution in [2.24, 2.45) is 0 Å². The molecule has 0 heterocycles. The largest absolute Gasteiger partial charge is 0.463 e. The first-order chi connectivity index (χ1) is 10.4. The molecule has 0 aliphatic carbocycles. The number of aldehydes is 1. The van der Waals surface area contributed by atoms with Crippen LogP contribution in [0.4, 0.5) is 0 Å². The first-order valence-corrected chi connectivity index (χ1v) is 7.77. The molecule has 0 aliphatic heterocycles. The Hall–Kier alpha value is -1.02. The minimum atomic E-state index is -1.83. The lowest BCUT2D eigenvalue weighted by Gasteiger charge is -2.23. The third kappa shape index (κ3) is 9.09. The molecule has 4 N–H and O–H groups in total. The van der Waals surface area contributed by atoms with E-state index in [0.717, 1.165) is 25.7 Å². The maximum atomic E-state index is 11.4. The third-order valence-electron chi connectivity index (χ3n) is 3.38. The van der Waals surface area contributed by atoms with Crippen LogP contribution in [0.15, 0.2) is 0 Å². The Bertz CT molecular complexity index is 308. The lowest BCUT2D eigenvalue weighted by Crippen LogP contribution is -2.46. The highest BCUT2D eigenvalue weighted by molar-refractivity contribution is 5.69. The summed E-state index contributed by atoms with van der Waals surface area (Å²) in [4.78, 5) is 21.7. The summed E-state index contributed by atoms with van der Waals surface area (Å²) in [7, 11) is 0. The smallest absolute Gasteiger partial charge is 0.305 e. The number of ether oxygens (including phenoxy) is 1. The summed E-state index contributed by atoms with van der Waals surface area (Å²) in [5, 5.41) is 37.4. The Morgan fingerprint density at radius 1 is 1.00 bits per heavy atom. The van der Waals surface area contributed by atoms with Gasteiger partial charge in [0.15, 0.2) is 6.29 Å². The number of aliphatic hydroxyl groups excluding tert-OH is 4. The van der Waals surface area contributed by atoms with Gasteiger partial charge in [0.25, 0.3) is 0 Å². The maximum absolute atomic E-state index is 11.4. The minimum absolute atomic E-state index is 0.0468. The number of esters is 1. The minimum Gasteiger partial charge on any atom is -0.463 e. The Labute approximate surface area is 130 Å². The first-order valence-electron chi connectivity index (χ1n) is 7.77. The molecule has 0 amide bonds. The van der Waals surface area contributed by atoms with E-state index >= 15 is 0 Å². The number of carbonyl (C=O) groups excluding carboxylic acids is 2. The molecule has 0 aliphatic rings. The Morgan fingerprint density at radius 2 is 1.59 bits per heavy atom. The quantitative estimate of drug-likeness (QED) is 0.212. The lowest BCUT2D eigenvalue weighted by atomic mass is 10.0. The topological polar surface area (TPSA) is 124 Å². The maximum Gasteiger partial charge on any atom is 0.305 e. The zero-order valence-corrected chi connectivity index (χ0v) is 13.1. The summed E-state index contributed by atoms with van der Waals surface area (Å²) in [6.45, 7) is 1.63. The molecule has 0 spiro atoms. The highest BCUT2D eigenvalue weighted by Gasteiger charge is 2.30. The standard InChI is InChI=1S/C15H28O7/c1-2-3-4-5-6-7-8-13(19)22-10-12(18)15(21)14(20)11(17)9-16/h9,11-12,14-15,17-18,20-21H,2-8,10H2,1H3/t11-,12+,14+,15+/m0/s1. The van der Waals surface area contributed by atoms with Crippen LogP contribution in [0.25, 0.3) is 0 Å². The summed E-state index contributed by atoms with van der Waals surface area (Å²) in [6, 6.07) is 0. The molecule has 0 radical (unpaired) electrons. The molecule has 4 atom stereocenters. The highest BCUT2D eigenvalue weighted by Crippen LogP contribution is 2.09. The molecular weight excluding hydrogens is 292 g/mol. The van der Waals surface area contributed by atoms with Crippen molar-refractivity contribution < 1.29 is 34.8 Å². The average Bonchev–Trinajstić information content (AvgIpc) is 2.53. The van der Waals surface area contributed by atoms with E-state index in [2.05, 4.69) is 6.92 Å². The molecule has 7 nitrogen and oxygen atoms in total. The fourth-order valence-electron chi connectivity index (χ4n) is 1.91. The van der Waals surface area contributed by atoms with Crippen molar-refractivity contribution in [3.05, 3.63) is 0 Å². The van der Waals surface area contributed by atoms with Gasteiger partial charge in [-0.3, -0.25) is 4.79 Å². The predicted molar refractivity (Wildman–Crippen MR) is 79.0 cm³/mol. The van der Waals surface area contributed by atoms with Gasteiger partial charge in [-0.25, -0.2) is 0 Å². The highest BCUT2D eigenvalue weighted by atomic mass is 16.5. The van der Waals surface area contributed by atoms with E-state index in [1.807, 2.05) is 0 Å². The summed E-state index contributed by atoms with van der Waals surface area (Å²) >= 11 is 0. The van der Waals surface area contributed by atoms with E-state index in [9.17, 15) is 24.9 Å². The van der Waals surface area contributed by atoms with Gasteiger partial charge in [-0.1, -0.05) is 39.0 Å². The van der Waals surface area contributed by atoms with E-state index in [0.29, 0.717) is 6.42 Å². The van der Waals surface area contributed by atoms with Crippen LogP contribution in [-0.4, -0.2) is 63.7 Å². The summed E-state index contributed by atoms with van der Waals surface area (Å²) in [5.74, 6) is -0.493. The zero-order valence-electron chi connectivity index (χ0n) is 13.1. The van der Waals surface area contributed by atoms with Crippen LogP contribution in [0.3, 0.4) is 0 Å². The van der Waals surface area contributed by atoms with Crippen LogP contribution in [0, 0.1) is 0 Å². The molecule has 0 aromatic heterocycles. The normalized spacial score (nSPS) is 16.6. The molecule has 0 rings (SSSR count). The second-order valence-electron chi connectivity index (χ2n) is 5.38.